The second-order valence-electron chi connectivity index (χ2n) is 17.2. The van der Waals surface area contributed by atoms with Crippen LogP contribution in [0.25, 0.3) is 0 Å². The molecule has 0 saturated carbocycles. The van der Waals surface area contributed by atoms with Crippen molar-refractivity contribution in [2.45, 2.75) is 62.8 Å². The van der Waals surface area contributed by atoms with Gasteiger partial charge >= 0.3 is 0 Å². The molecule has 0 N–H and O–H groups in total. The molecule has 6 aromatic rings. The molecule has 0 saturated heterocycles. The maximum Gasteiger partial charge on any atom is 0.107 e. The molecule has 0 aliphatic carbocycles. The van der Waals surface area contributed by atoms with Crippen molar-refractivity contribution in [2.24, 2.45) is 0 Å². The second kappa shape index (κ2) is 14.8. The number of benzene rings is 6. The van der Waals surface area contributed by atoms with E-state index in [-0.39, 0.29) is 3.91 Å². The number of hydrogen-bond acceptors (Lipinski definition) is 0. The van der Waals surface area contributed by atoms with Crippen molar-refractivity contribution in [1.82, 2.24) is 0 Å². The first-order valence-corrected chi connectivity index (χ1v) is 39.2. The summed E-state index contributed by atoms with van der Waals surface area (Å²) in [6, 6.07) is 70.7. The van der Waals surface area contributed by atoms with Gasteiger partial charge in [0, 0.05) is 33.0 Å². The van der Waals surface area contributed by atoms with Crippen LogP contribution in [0.1, 0.15) is 0 Å². The Kier molecular flexibility index (Phi) is 11.1. The van der Waals surface area contributed by atoms with Crippen LogP contribution in [0.2, 0.25) is 62.8 Å². The SMILES string of the molecule is C[Si](c1ccccc1)(c1ccccc1)[Si](C)(C)C([Si])([Si](C)(C)[Si](C)(c1ccccc1)c1ccccc1)[Si](C)(C)[Si](C)(c1ccccc1)c1ccccc1. The minimum Gasteiger partial charge on any atom is -0.0709 e. The lowest BCUT2D eigenvalue weighted by molar-refractivity contribution is 1.32. The first kappa shape index (κ1) is 39.5. The highest BCUT2D eigenvalue weighted by Gasteiger charge is 2.75. The Bertz CT molecular complexity index is 1720. The topological polar surface area (TPSA) is 0 Å². The van der Waals surface area contributed by atoms with Crippen molar-refractivity contribution < 1.29 is 0 Å². The van der Waals surface area contributed by atoms with Gasteiger partial charge in [-0.05, 0) is 0 Å². The summed E-state index contributed by atoms with van der Waals surface area (Å²) < 4.78 is -0.0288. The molecule has 0 heterocycles. The van der Waals surface area contributed by atoms with Crippen LogP contribution in [0.5, 0.6) is 0 Å². The lowest BCUT2D eigenvalue weighted by Crippen LogP contribution is -2.93. The molecule has 0 unspecified atom stereocenters. The summed E-state index contributed by atoms with van der Waals surface area (Å²) in [4.78, 5) is 0. The average molecular weight is 807 g/mol. The first-order chi connectivity index (χ1) is 25.1. The van der Waals surface area contributed by atoms with Crippen molar-refractivity contribution in [3.63, 3.8) is 0 Å². The molecule has 3 radical (unpaired) electrons. The minimum atomic E-state index is -2.47. The van der Waals surface area contributed by atoms with Crippen LogP contribution in [0.3, 0.4) is 0 Å². The molecule has 0 aliphatic rings. The van der Waals surface area contributed by atoms with Gasteiger partial charge in [-0.15, -0.1) is 0 Å². The average Bonchev–Trinajstić information content (AvgIpc) is 3.21. The molecule has 0 amide bonds. The fraction of sp³-hybridized carbons (Fsp3) is 0.217. The molecule has 0 nitrogen and oxygen atoms in total. The van der Waals surface area contributed by atoms with Crippen LogP contribution in [0.15, 0.2) is 182 Å². The Morgan fingerprint density at radius 3 is 0.528 bits per heavy atom. The third kappa shape index (κ3) is 5.89. The fourth-order valence-electron chi connectivity index (χ4n) is 10.8. The molecule has 53 heavy (non-hydrogen) atoms. The molecule has 0 spiro atoms. The van der Waals surface area contributed by atoms with Gasteiger partial charge in [0.2, 0.25) is 0 Å². The maximum absolute atomic E-state index is 5.42. The fourth-order valence-corrected chi connectivity index (χ4v) is 105. The highest BCUT2D eigenvalue weighted by Crippen LogP contribution is 2.58. The Balaban J connectivity index is 1.82. The lowest BCUT2D eigenvalue weighted by atomic mass is 10.4. The first-order valence-electron chi connectivity index (χ1n) is 19.2. The van der Waals surface area contributed by atoms with Gasteiger partial charge in [-0.25, -0.2) is 0 Å². The summed E-state index contributed by atoms with van der Waals surface area (Å²) in [7, 11) is -9.31. The van der Waals surface area contributed by atoms with E-state index in [1.54, 1.807) is 31.1 Å². The van der Waals surface area contributed by atoms with E-state index in [2.05, 4.69) is 241 Å². The Morgan fingerprint density at radius 2 is 0.396 bits per heavy atom. The quantitative estimate of drug-likeness (QED) is 0.110. The van der Waals surface area contributed by atoms with Crippen molar-refractivity contribution in [1.29, 1.82) is 0 Å². The Morgan fingerprint density at radius 1 is 0.264 bits per heavy atom. The molecule has 0 aromatic heterocycles. The zero-order valence-electron chi connectivity index (χ0n) is 33.3. The van der Waals surface area contributed by atoms with Gasteiger partial charge in [0.15, 0.2) is 0 Å². The van der Waals surface area contributed by atoms with E-state index in [4.69, 9.17) is 10.2 Å². The van der Waals surface area contributed by atoms with Gasteiger partial charge < -0.3 is 0 Å². The summed E-state index contributed by atoms with van der Waals surface area (Å²) in [5, 5.41) is 9.45. The van der Waals surface area contributed by atoms with Crippen LogP contribution in [0, 0.1) is 0 Å². The Labute approximate surface area is 329 Å². The van der Waals surface area contributed by atoms with Gasteiger partial charge in [0.05, 0.1) is 0 Å². The van der Waals surface area contributed by atoms with Gasteiger partial charge in [0.1, 0.15) is 22.8 Å². The Hall–Kier alpha value is -3.16. The molecule has 269 valence electrons. The third-order valence-electron chi connectivity index (χ3n) is 14.7. The standard InChI is InChI=1S/C46H57Si7/c1-48(2,51(7,40-28-16-10-17-29-40)41-30-18-11-19-31-41)46(47,49(3,4)52(8,42-32-20-12-21-33-42)43-34-22-13-23-35-43)50(5,6)53(9,44-36-24-14-25-37-44)45-38-26-15-27-39-45/h10-39H,1-9H3. The van der Waals surface area contributed by atoms with E-state index in [1.807, 2.05) is 0 Å². The monoisotopic (exact) mass is 805 g/mol. The normalized spacial score (nSPS) is 13.5. The van der Waals surface area contributed by atoms with Gasteiger partial charge in [0.25, 0.3) is 0 Å². The molecular formula is C46H57Si7. The predicted molar refractivity (Wildman–Crippen MR) is 252 cm³/mol. The van der Waals surface area contributed by atoms with Crippen molar-refractivity contribution in [3.05, 3.63) is 182 Å². The molecule has 6 aromatic carbocycles. The largest absolute Gasteiger partial charge is 0.107 e. The van der Waals surface area contributed by atoms with Gasteiger partial charge in [-0.3, -0.25) is 0 Å². The number of hydrogen-bond donors (Lipinski definition) is 0. The number of rotatable bonds is 12. The summed E-state index contributed by atoms with van der Waals surface area (Å²) in [6.07, 6.45) is 0. The highest BCUT2D eigenvalue weighted by molar-refractivity contribution is 7.71. The predicted octanol–water partition coefficient (Wildman–Crippen LogP) is 7.97. The van der Waals surface area contributed by atoms with E-state index in [1.165, 1.54) is 0 Å². The van der Waals surface area contributed by atoms with E-state index >= 15 is 0 Å². The molecule has 6 rings (SSSR count). The second-order valence-corrected chi connectivity index (χ2v) is 63.4. The lowest BCUT2D eigenvalue weighted by Gasteiger charge is -2.70. The highest BCUT2D eigenvalue weighted by atomic mass is 29.3. The minimum absolute atomic E-state index is 0.0288. The van der Waals surface area contributed by atoms with E-state index < -0.39 is 45.5 Å². The van der Waals surface area contributed by atoms with E-state index in [0.717, 1.165) is 0 Å². The van der Waals surface area contributed by atoms with Crippen molar-refractivity contribution in [2.75, 3.05) is 0 Å². The van der Waals surface area contributed by atoms with E-state index in [0.29, 0.717) is 0 Å². The van der Waals surface area contributed by atoms with E-state index in [9.17, 15) is 0 Å². The molecule has 0 bridgehead atoms. The molecule has 0 atom stereocenters. The summed E-state index contributed by atoms with van der Waals surface area (Å²) in [5.74, 6) is 0. The van der Waals surface area contributed by atoms with Crippen LogP contribution >= 0.6 is 0 Å². The molecular weight excluding hydrogens is 749 g/mol. The molecule has 7 heteroatoms. The summed E-state index contributed by atoms with van der Waals surface area (Å²) in [6.45, 7) is 25.4. The third-order valence-corrected chi connectivity index (χ3v) is 91.4. The van der Waals surface area contributed by atoms with Gasteiger partial charge in [-0.2, -0.15) is 0 Å². The summed E-state index contributed by atoms with van der Waals surface area (Å²) >= 11 is 0. The zero-order chi connectivity index (χ0) is 38.2. The van der Waals surface area contributed by atoms with Crippen molar-refractivity contribution >= 4 is 86.9 Å². The van der Waals surface area contributed by atoms with Gasteiger partial charge in [-0.1, -0.05) is 276 Å². The van der Waals surface area contributed by atoms with Crippen LogP contribution in [-0.4, -0.2) is 55.8 Å². The van der Waals surface area contributed by atoms with Crippen molar-refractivity contribution in [3.8, 4) is 0 Å². The van der Waals surface area contributed by atoms with Crippen LogP contribution < -0.4 is 31.1 Å². The zero-order valence-corrected chi connectivity index (χ0v) is 40.3. The summed E-state index contributed by atoms with van der Waals surface area (Å²) in [5.41, 5.74) is 0. The molecule has 0 aliphatic heterocycles. The maximum atomic E-state index is 5.42. The molecule has 0 fully saturated rings. The van der Waals surface area contributed by atoms with Crippen LogP contribution in [0.4, 0.5) is 0 Å². The van der Waals surface area contributed by atoms with Crippen LogP contribution in [-0.2, 0) is 0 Å². The smallest absolute Gasteiger partial charge is 0.0709 e.